The lowest BCUT2D eigenvalue weighted by atomic mass is 9.91. The molecule has 26 heavy (non-hydrogen) atoms. The van der Waals surface area contributed by atoms with Gasteiger partial charge in [-0.1, -0.05) is 18.2 Å². The molecule has 2 aromatic carbocycles. The minimum absolute atomic E-state index is 0.0878. The minimum atomic E-state index is -0.361. The van der Waals surface area contributed by atoms with Crippen LogP contribution in [-0.2, 0) is 6.42 Å². The Morgan fingerprint density at radius 1 is 1.23 bits per heavy atom. The van der Waals surface area contributed by atoms with E-state index in [2.05, 4.69) is 0 Å². The van der Waals surface area contributed by atoms with Gasteiger partial charge in [0.05, 0.1) is 7.11 Å². The number of carbonyl (C=O) groups is 1. The van der Waals surface area contributed by atoms with Gasteiger partial charge in [0, 0.05) is 11.6 Å². The highest BCUT2D eigenvalue weighted by molar-refractivity contribution is 6.11. The van der Waals surface area contributed by atoms with E-state index >= 15 is 0 Å². The van der Waals surface area contributed by atoms with Crippen molar-refractivity contribution in [3.8, 4) is 23.0 Å². The number of phenolic OH excluding ortho intramolecular Hbond substituents is 2. The summed E-state index contributed by atoms with van der Waals surface area (Å²) in [5.74, 6) is 0.537. The van der Waals surface area contributed by atoms with Gasteiger partial charge in [-0.15, -0.1) is 0 Å². The topological polar surface area (TPSA) is 76.0 Å². The van der Waals surface area contributed by atoms with Gasteiger partial charge in [0.15, 0.2) is 5.78 Å². The molecule has 1 aliphatic rings. The third-order valence-electron chi connectivity index (χ3n) is 4.48. The zero-order valence-corrected chi connectivity index (χ0v) is 15.1. The van der Waals surface area contributed by atoms with E-state index in [0.29, 0.717) is 17.7 Å². The average Bonchev–Trinajstić information content (AvgIpc) is 2.59. The SMILES string of the molecule is COc1cc2c(c(O)c1C(=O)/C=C/c1ccc(O)cc1)CCC(C)(C)O2. The Morgan fingerprint density at radius 2 is 1.92 bits per heavy atom. The van der Waals surface area contributed by atoms with Crippen molar-refractivity contribution in [3.05, 3.63) is 53.1 Å². The lowest BCUT2D eigenvalue weighted by molar-refractivity contribution is 0.0831. The van der Waals surface area contributed by atoms with E-state index in [1.54, 1.807) is 36.4 Å². The molecule has 5 nitrogen and oxygen atoms in total. The molecular formula is C21H22O5. The molecule has 0 bridgehead atoms. The molecule has 0 spiro atoms. The molecule has 1 aliphatic heterocycles. The second-order valence-corrected chi connectivity index (χ2v) is 6.93. The number of methoxy groups -OCH3 is 1. The van der Waals surface area contributed by atoms with Crippen LogP contribution in [0.25, 0.3) is 6.08 Å². The van der Waals surface area contributed by atoms with Gasteiger partial charge >= 0.3 is 0 Å². The number of ketones is 1. The van der Waals surface area contributed by atoms with Gasteiger partial charge in [-0.3, -0.25) is 4.79 Å². The summed E-state index contributed by atoms with van der Waals surface area (Å²) < 4.78 is 11.2. The molecule has 0 saturated heterocycles. The molecule has 3 rings (SSSR count). The third kappa shape index (κ3) is 3.52. The van der Waals surface area contributed by atoms with E-state index < -0.39 is 0 Å². The summed E-state index contributed by atoms with van der Waals surface area (Å²) in [6, 6.07) is 8.13. The van der Waals surface area contributed by atoms with Gasteiger partial charge in [-0.2, -0.15) is 0 Å². The molecule has 0 radical (unpaired) electrons. The average molecular weight is 354 g/mol. The minimum Gasteiger partial charge on any atom is -0.508 e. The summed E-state index contributed by atoms with van der Waals surface area (Å²) in [5.41, 5.74) is 1.20. The molecule has 0 amide bonds. The van der Waals surface area contributed by atoms with Crippen molar-refractivity contribution in [2.45, 2.75) is 32.3 Å². The molecule has 0 aliphatic carbocycles. The number of rotatable bonds is 4. The first-order chi connectivity index (χ1) is 12.3. The largest absolute Gasteiger partial charge is 0.508 e. The van der Waals surface area contributed by atoms with E-state index in [9.17, 15) is 15.0 Å². The van der Waals surface area contributed by atoms with Crippen molar-refractivity contribution < 1.29 is 24.5 Å². The Bertz CT molecular complexity index is 863. The van der Waals surface area contributed by atoms with E-state index in [-0.39, 0.29) is 34.2 Å². The number of aromatic hydroxyl groups is 2. The van der Waals surface area contributed by atoms with Gasteiger partial charge in [0.25, 0.3) is 0 Å². The zero-order valence-electron chi connectivity index (χ0n) is 15.1. The summed E-state index contributed by atoms with van der Waals surface area (Å²) in [7, 11) is 1.45. The Hall–Kier alpha value is -2.95. The van der Waals surface area contributed by atoms with Gasteiger partial charge in [0.2, 0.25) is 0 Å². The van der Waals surface area contributed by atoms with Crippen LogP contribution in [0.5, 0.6) is 23.0 Å². The van der Waals surface area contributed by atoms with E-state index in [1.165, 1.54) is 13.2 Å². The first-order valence-corrected chi connectivity index (χ1v) is 8.44. The Balaban J connectivity index is 1.96. The fourth-order valence-electron chi connectivity index (χ4n) is 3.01. The Labute approximate surface area is 152 Å². The number of allylic oxidation sites excluding steroid dienone is 1. The molecule has 0 saturated carbocycles. The monoisotopic (exact) mass is 354 g/mol. The van der Waals surface area contributed by atoms with Gasteiger partial charge in [-0.05, 0) is 50.5 Å². The molecule has 0 unspecified atom stereocenters. The molecule has 2 aromatic rings. The number of hydrogen-bond acceptors (Lipinski definition) is 5. The predicted octanol–water partition coefficient (Wildman–Crippen LogP) is 4.11. The highest BCUT2D eigenvalue weighted by Crippen LogP contribution is 2.44. The number of phenols is 2. The molecule has 1 heterocycles. The maximum atomic E-state index is 12.7. The Morgan fingerprint density at radius 3 is 2.58 bits per heavy atom. The molecule has 0 aromatic heterocycles. The third-order valence-corrected chi connectivity index (χ3v) is 4.48. The van der Waals surface area contributed by atoms with Crippen molar-refractivity contribution in [2.75, 3.05) is 7.11 Å². The second kappa shape index (κ2) is 6.75. The van der Waals surface area contributed by atoms with E-state index in [4.69, 9.17) is 9.47 Å². The maximum absolute atomic E-state index is 12.7. The maximum Gasteiger partial charge on any atom is 0.193 e. The van der Waals surface area contributed by atoms with Gasteiger partial charge < -0.3 is 19.7 Å². The van der Waals surface area contributed by atoms with Crippen LogP contribution in [0, 0.1) is 0 Å². The Kier molecular flexibility index (Phi) is 4.64. The van der Waals surface area contributed by atoms with Crippen LogP contribution < -0.4 is 9.47 Å². The smallest absolute Gasteiger partial charge is 0.193 e. The van der Waals surface area contributed by atoms with Crippen LogP contribution in [0.3, 0.4) is 0 Å². The summed E-state index contributed by atoms with van der Waals surface area (Å²) in [6.07, 6.45) is 4.38. The standard InChI is InChI=1S/C21H22O5/c1-21(2)11-10-15-17(26-21)12-18(25-3)19(20(15)24)16(23)9-6-13-4-7-14(22)8-5-13/h4-9,12,22,24H,10-11H2,1-3H3/b9-6+. The van der Waals surface area contributed by atoms with Crippen LogP contribution in [0.1, 0.15) is 41.8 Å². The molecule has 136 valence electrons. The first kappa shape index (κ1) is 17.9. The van der Waals surface area contributed by atoms with Crippen molar-refractivity contribution >= 4 is 11.9 Å². The van der Waals surface area contributed by atoms with Crippen molar-refractivity contribution in [2.24, 2.45) is 0 Å². The fourth-order valence-corrected chi connectivity index (χ4v) is 3.01. The predicted molar refractivity (Wildman–Crippen MR) is 99.2 cm³/mol. The van der Waals surface area contributed by atoms with Gasteiger partial charge in [-0.25, -0.2) is 0 Å². The van der Waals surface area contributed by atoms with Crippen LogP contribution in [-0.4, -0.2) is 28.7 Å². The lowest BCUT2D eigenvalue weighted by Crippen LogP contribution is -2.32. The molecule has 2 N–H and O–H groups in total. The molecule has 5 heteroatoms. The van der Waals surface area contributed by atoms with Gasteiger partial charge in [0.1, 0.15) is 34.2 Å². The number of ether oxygens (including phenoxy) is 2. The van der Waals surface area contributed by atoms with E-state index in [1.807, 2.05) is 13.8 Å². The summed E-state index contributed by atoms with van der Waals surface area (Å²) in [4.78, 5) is 12.7. The summed E-state index contributed by atoms with van der Waals surface area (Å²) in [6.45, 7) is 3.97. The highest BCUT2D eigenvalue weighted by atomic mass is 16.5. The summed E-state index contributed by atoms with van der Waals surface area (Å²) in [5, 5.41) is 20.0. The molecular weight excluding hydrogens is 332 g/mol. The summed E-state index contributed by atoms with van der Waals surface area (Å²) >= 11 is 0. The number of hydrogen-bond donors (Lipinski definition) is 2. The van der Waals surface area contributed by atoms with Crippen LogP contribution in [0.4, 0.5) is 0 Å². The lowest BCUT2D eigenvalue weighted by Gasteiger charge is -2.33. The van der Waals surface area contributed by atoms with Crippen LogP contribution in [0.15, 0.2) is 36.4 Å². The van der Waals surface area contributed by atoms with Crippen molar-refractivity contribution in [3.63, 3.8) is 0 Å². The van der Waals surface area contributed by atoms with E-state index in [0.717, 1.165) is 12.0 Å². The normalized spacial score (nSPS) is 15.3. The second-order valence-electron chi connectivity index (χ2n) is 6.93. The quantitative estimate of drug-likeness (QED) is 0.638. The van der Waals surface area contributed by atoms with Crippen LogP contribution >= 0.6 is 0 Å². The number of carbonyl (C=O) groups excluding carboxylic acids is 1. The fraction of sp³-hybridized carbons (Fsp3) is 0.286. The number of benzene rings is 2. The molecule has 0 atom stereocenters. The van der Waals surface area contributed by atoms with Crippen LogP contribution in [0.2, 0.25) is 0 Å². The first-order valence-electron chi connectivity index (χ1n) is 8.44. The van der Waals surface area contributed by atoms with Crippen molar-refractivity contribution in [1.29, 1.82) is 0 Å². The highest BCUT2D eigenvalue weighted by Gasteiger charge is 2.31. The number of fused-ring (bicyclic) bond motifs is 1. The van der Waals surface area contributed by atoms with Crippen molar-refractivity contribution in [1.82, 2.24) is 0 Å². The molecule has 0 fully saturated rings. The zero-order chi connectivity index (χ0) is 18.9.